The van der Waals surface area contributed by atoms with E-state index in [2.05, 4.69) is 58.8 Å². The molecule has 1 N–H and O–H groups in total. The topological polar surface area (TPSA) is 24.4 Å². The van der Waals surface area contributed by atoms with Gasteiger partial charge in [0.15, 0.2) is 0 Å². The van der Waals surface area contributed by atoms with Crippen LogP contribution < -0.4 is 5.32 Å². The van der Waals surface area contributed by atoms with E-state index >= 15 is 0 Å². The average molecular weight is 248 g/mol. The Morgan fingerprint density at radius 2 is 1.42 bits per heavy atom. The van der Waals surface area contributed by atoms with Gasteiger partial charge in [0.2, 0.25) is 0 Å². The van der Waals surface area contributed by atoms with Gasteiger partial charge in [0.25, 0.3) is 0 Å². The van der Waals surface area contributed by atoms with E-state index < -0.39 is 0 Å². The molecule has 0 bridgehead atoms. The fourth-order valence-corrected chi connectivity index (χ4v) is 2.39. The smallest absolute Gasteiger partial charge is 0.0991 e. The van der Waals surface area contributed by atoms with Gasteiger partial charge >= 0.3 is 0 Å². The van der Waals surface area contributed by atoms with Gasteiger partial charge in [0.05, 0.1) is 12.1 Å². The van der Waals surface area contributed by atoms with Gasteiger partial charge in [-0.1, -0.05) is 60.7 Å². The lowest BCUT2D eigenvalue weighted by molar-refractivity contribution is 0.516. The minimum atomic E-state index is 0.0959. The average Bonchev–Trinajstić information content (AvgIpc) is 2.75. The third kappa shape index (κ3) is 2.58. The highest BCUT2D eigenvalue weighted by Crippen LogP contribution is 2.32. The Morgan fingerprint density at radius 1 is 0.789 bits per heavy atom. The van der Waals surface area contributed by atoms with Crippen LogP contribution in [0.5, 0.6) is 0 Å². The van der Waals surface area contributed by atoms with Crippen molar-refractivity contribution in [3.05, 3.63) is 84.1 Å². The molecule has 1 heterocycles. The summed E-state index contributed by atoms with van der Waals surface area (Å²) in [6.07, 6.45) is 5.77. The molecule has 0 radical (unpaired) electrons. The van der Waals surface area contributed by atoms with Crippen molar-refractivity contribution in [2.75, 3.05) is 0 Å². The first kappa shape index (κ1) is 11.7. The van der Waals surface area contributed by atoms with Gasteiger partial charge in [-0.3, -0.25) is 4.99 Å². The van der Waals surface area contributed by atoms with Crippen LogP contribution in [-0.4, -0.2) is 6.21 Å². The molecule has 0 aliphatic carbocycles. The zero-order valence-electron chi connectivity index (χ0n) is 10.6. The third-order valence-corrected chi connectivity index (χ3v) is 3.32. The first-order valence-electron chi connectivity index (χ1n) is 6.49. The summed E-state index contributed by atoms with van der Waals surface area (Å²) in [5.74, 6) is 0. The lowest BCUT2D eigenvalue weighted by atomic mass is 9.94. The largest absolute Gasteiger partial charge is 0.382 e. The van der Waals surface area contributed by atoms with E-state index in [1.54, 1.807) is 0 Å². The molecule has 0 spiro atoms. The van der Waals surface area contributed by atoms with E-state index in [4.69, 9.17) is 0 Å². The molecule has 0 fully saturated rings. The fraction of sp³-hybridized carbons (Fsp3) is 0.118. The molecule has 3 rings (SSSR count). The Bertz CT molecular complexity index is 573. The van der Waals surface area contributed by atoms with Crippen LogP contribution in [0.3, 0.4) is 0 Å². The second kappa shape index (κ2) is 5.53. The molecule has 2 heteroatoms. The summed E-state index contributed by atoms with van der Waals surface area (Å²) in [5.41, 5.74) is 2.48. The van der Waals surface area contributed by atoms with Gasteiger partial charge in [-0.15, -0.1) is 0 Å². The van der Waals surface area contributed by atoms with Crippen molar-refractivity contribution in [3.8, 4) is 0 Å². The van der Waals surface area contributed by atoms with E-state index in [1.165, 1.54) is 11.1 Å². The Balaban J connectivity index is 2.00. The number of aliphatic imine (C=N–C) groups is 1. The minimum absolute atomic E-state index is 0.0959. The molecule has 0 saturated carbocycles. The van der Waals surface area contributed by atoms with Crippen LogP contribution in [0, 0.1) is 0 Å². The molecule has 2 atom stereocenters. The lowest BCUT2D eigenvalue weighted by Crippen LogP contribution is -2.21. The summed E-state index contributed by atoms with van der Waals surface area (Å²) in [4.78, 5) is 4.68. The highest BCUT2D eigenvalue weighted by molar-refractivity contribution is 5.71. The van der Waals surface area contributed by atoms with Gasteiger partial charge in [-0.2, -0.15) is 0 Å². The van der Waals surface area contributed by atoms with Crippen LogP contribution in [0.1, 0.15) is 23.2 Å². The SMILES string of the molecule is C1=CN[C@@H](c2ccccc2)[C@@H](c2ccccc2)N=C1. The Kier molecular flexibility index (Phi) is 3.41. The number of nitrogens with one attached hydrogen (secondary N) is 1. The van der Waals surface area contributed by atoms with E-state index in [-0.39, 0.29) is 12.1 Å². The maximum absolute atomic E-state index is 4.68. The zero-order valence-corrected chi connectivity index (χ0v) is 10.6. The van der Waals surface area contributed by atoms with Gasteiger partial charge in [0, 0.05) is 6.21 Å². The fourth-order valence-electron chi connectivity index (χ4n) is 2.39. The van der Waals surface area contributed by atoms with Crippen molar-refractivity contribution < 1.29 is 0 Å². The van der Waals surface area contributed by atoms with E-state index in [1.807, 2.05) is 30.6 Å². The van der Waals surface area contributed by atoms with Gasteiger partial charge in [0.1, 0.15) is 0 Å². The van der Waals surface area contributed by atoms with Crippen molar-refractivity contribution in [2.45, 2.75) is 12.1 Å². The summed E-state index contributed by atoms with van der Waals surface area (Å²) in [5, 5.41) is 3.44. The van der Waals surface area contributed by atoms with Gasteiger partial charge in [-0.05, 0) is 23.4 Å². The molecular formula is C17H16N2. The maximum Gasteiger partial charge on any atom is 0.0991 e. The van der Waals surface area contributed by atoms with Crippen molar-refractivity contribution >= 4 is 6.21 Å². The molecule has 1 aliphatic rings. The van der Waals surface area contributed by atoms with E-state index in [0.717, 1.165) is 0 Å². The predicted octanol–water partition coefficient (Wildman–Crippen LogP) is 3.66. The third-order valence-electron chi connectivity index (χ3n) is 3.32. The molecular weight excluding hydrogens is 232 g/mol. The number of benzene rings is 2. The van der Waals surface area contributed by atoms with Crippen LogP contribution in [0.25, 0.3) is 0 Å². The van der Waals surface area contributed by atoms with Crippen molar-refractivity contribution in [3.63, 3.8) is 0 Å². The van der Waals surface area contributed by atoms with Crippen LogP contribution >= 0.6 is 0 Å². The lowest BCUT2D eigenvalue weighted by Gasteiger charge is -2.24. The van der Waals surface area contributed by atoms with Crippen molar-refractivity contribution in [1.29, 1.82) is 0 Å². The summed E-state index contributed by atoms with van der Waals surface area (Å²) < 4.78 is 0. The molecule has 2 aromatic rings. The second-order valence-corrected chi connectivity index (χ2v) is 4.57. The Morgan fingerprint density at radius 3 is 2.11 bits per heavy atom. The maximum atomic E-state index is 4.68. The van der Waals surface area contributed by atoms with E-state index in [0.29, 0.717) is 0 Å². The molecule has 1 aliphatic heterocycles. The van der Waals surface area contributed by atoms with E-state index in [9.17, 15) is 0 Å². The normalized spacial score (nSPS) is 21.7. The van der Waals surface area contributed by atoms with Crippen molar-refractivity contribution in [1.82, 2.24) is 5.32 Å². The summed E-state index contributed by atoms with van der Waals surface area (Å²) in [7, 11) is 0. The standard InChI is InChI=1S/C17H16N2/c1-3-8-14(9-4-1)16-17(19-13-7-12-18-16)15-10-5-2-6-11-15/h1-13,16-18H/t16-,17+/m0/s1. The zero-order chi connectivity index (χ0) is 12.9. The molecule has 0 aromatic heterocycles. The molecule has 0 amide bonds. The quantitative estimate of drug-likeness (QED) is 0.861. The molecule has 0 saturated heterocycles. The first-order valence-corrected chi connectivity index (χ1v) is 6.49. The number of rotatable bonds is 2. The van der Waals surface area contributed by atoms with Crippen LogP contribution in [0.2, 0.25) is 0 Å². The molecule has 2 aromatic carbocycles. The van der Waals surface area contributed by atoms with Crippen LogP contribution in [0.4, 0.5) is 0 Å². The van der Waals surface area contributed by atoms with Crippen molar-refractivity contribution in [2.24, 2.45) is 4.99 Å². The van der Waals surface area contributed by atoms with Crippen LogP contribution in [-0.2, 0) is 0 Å². The number of hydrogen-bond acceptors (Lipinski definition) is 2. The minimum Gasteiger partial charge on any atom is -0.382 e. The Labute approximate surface area is 113 Å². The summed E-state index contributed by atoms with van der Waals surface area (Å²) in [6, 6.07) is 21.1. The highest BCUT2D eigenvalue weighted by Gasteiger charge is 2.23. The Hall–Kier alpha value is -2.35. The molecule has 2 nitrogen and oxygen atoms in total. The number of hydrogen-bond donors (Lipinski definition) is 1. The second-order valence-electron chi connectivity index (χ2n) is 4.57. The first-order chi connectivity index (χ1) is 9.45. The molecule has 94 valence electrons. The number of allylic oxidation sites excluding steroid dienone is 1. The highest BCUT2D eigenvalue weighted by atomic mass is 15.0. The monoisotopic (exact) mass is 248 g/mol. The van der Waals surface area contributed by atoms with Gasteiger partial charge < -0.3 is 5.32 Å². The predicted molar refractivity (Wildman–Crippen MR) is 79.1 cm³/mol. The van der Waals surface area contributed by atoms with Gasteiger partial charge in [-0.25, -0.2) is 0 Å². The number of nitrogens with zero attached hydrogens (tertiary/aromatic N) is 1. The molecule has 19 heavy (non-hydrogen) atoms. The summed E-state index contributed by atoms with van der Waals surface area (Å²) in [6.45, 7) is 0. The summed E-state index contributed by atoms with van der Waals surface area (Å²) >= 11 is 0. The molecule has 0 unspecified atom stereocenters. The van der Waals surface area contributed by atoms with Crippen LogP contribution in [0.15, 0.2) is 77.9 Å².